The summed E-state index contributed by atoms with van der Waals surface area (Å²) in [4.78, 5) is 0. The van der Waals surface area contributed by atoms with E-state index < -0.39 is 16.6 Å². The van der Waals surface area contributed by atoms with Crippen LogP contribution in [-0.2, 0) is 16.6 Å². The van der Waals surface area contributed by atoms with E-state index in [-0.39, 0.29) is 5.41 Å². The molecule has 0 spiro atoms. The molecule has 4 aromatic carbocycles. The van der Waals surface area contributed by atoms with Gasteiger partial charge in [0.05, 0.1) is 0 Å². The molecule has 4 aromatic rings. The number of benzene rings is 4. The number of rotatable bonds is 6. The fourth-order valence-corrected chi connectivity index (χ4v) is 21.6. The Kier molecular flexibility index (Phi) is 6.34. The summed E-state index contributed by atoms with van der Waals surface area (Å²) in [6.07, 6.45) is 5.34. The monoisotopic (exact) mass is 560 g/mol. The van der Waals surface area contributed by atoms with Gasteiger partial charge in [0.2, 0.25) is 0 Å². The van der Waals surface area contributed by atoms with Crippen molar-refractivity contribution in [2.24, 2.45) is 5.41 Å². The molecule has 0 nitrogen and oxygen atoms in total. The molecule has 1 heterocycles. The van der Waals surface area contributed by atoms with Gasteiger partial charge in [-0.1, -0.05) is 0 Å². The van der Waals surface area contributed by atoms with Crippen molar-refractivity contribution in [2.75, 3.05) is 0 Å². The van der Waals surface area contributed by atoms with Crippen LogP contribution < -0.4 is 0 Å². The molecule has 0 amide bonds. The summed E-state index contributed by atoms with van der Waals surface area (Å²) in [5, 5.41) is 5.73. The van der Waals surface area contributed by atoms with E-state index in [2.05, 4.69) is 114 Å². The van der Waals surface area contributed by atoms with E-state index in [0.29, 0.717) is 8.45 Å². The second kappa shape index (κ2) is 9.57. The van der Waals surface area contributed by atoms with Gasteiger partial charge in [-0.05, 0) is 0 Å². The second-order valence-electron chi connectivity index (χ2n) is 13.5. The summed E-state index contributed by atoms with van der Waals surface area (Å²) in [5.41, 5.74) is 13.3. The summed E-state index contributed by atoms with van der Waals surface area (Å²) in [6, 6.07) is 28.5. The maximum absolute atomic E-state index is 2.71. The van der Waals surface area contributed by atoms with Crippen molar-refractivity contribution in [2.45, 2.75) is 85.1 Å². The van der Waals surface area contributed by atoms with E-state index >= 15 is 0 Å². The SMILES string of the molecule is CCC[CH2][Ti]1([CH2]CCC)[CH]2C(C)=C(c3c2ccc2ccccc32)C(C)(C)C2=C(C)[CH]1c1ccc3ccccc3c12. The third-order valence-corrected chi connectivity index (χ3v) is 21.0. The Labute approximate surface area is 244 Å². The van der Waals surface area contributed by atoms with Crippen LogP contribution in [0.25, 0.3) is 32.7 Å². The first-order valence-corrected chi connectivity index (χ1v) is 19.8. The molecule has 0 N–H and O–H groups in total. The molecule has 7 rings (SSSR count). The fourth-order valence-electron chi connectivity index (χ4n) is 9.86. The van der Waals surface area contributed by atoms with Crippen molar-refractivity contribution in [1.82, 2.24) is 0 Å². The summed E-state index contributed by atoms with van der Waals surface area (Å²) in [6.45, 7) is 15.1. The Morgan fingerprint density at radius 3 is 1.45 bits per heavy atom. The fraction of sp³-hybridized carbons (Fsp3) is 0.385. The van der Waals surface area contributed by atoms with Crippen molar-refractivity contribution in [3.63, 3.8) is 0 Å². The number of allylic oxidation sites excluding steroid dienone is 4. The molecular weight excluding hydrogens is 516 g/mol. The molecular formula is C39H44Ti. The van der Waals surface area contributed by atoms with Crippen molar-refractivity contribution in [1.29, 1.82) is 0 Å². The molecule has 2 aliphatic carbocycles. The zero-order valence-electron chi connectivity index (χ0n) is 25.3. The van der Waals surface area contributed by atoms with Gasteiger partial charge in [-0.2, -0.15) is 0 Å². The molecule has 2 atom stereocenters. The number of unbranched alkanes of at least 4 members (excludes halogenated alkanes) is 2. The van der Waals surface area contributed by atoms with E-state index in [4.69, 9.17) is 0 Å². The first kappa shape index (κ1) is 26.5. The molecule has 4 bridgehead atoms. The van der Waals surface area contributed by atoms with Crippen LogP contribution >= 0.6 is 0 Å². The minimum atomic E-state index is -2.71. The molecule has 0 radical (unpaired) electrons. The third-order valence-electron chi connectivity index (χ3n) is 11.1. The first-order chi connectivity index (χ1) is 19.4. The van der Waals surface area contributed by atoms with Gasteiger partial charge < -0.3 is 0 Å². The normalized spacial score (nSPS) is 22.1. The molecule has 0 aromatic heterocycles. The van der Waals surface area contributed by atoms with Crippen molar-refractivity contribution < 1.29 is 16.6 Å². The van der Waals surface area contributed by atoms with Gasteiger partial charge in [0.1, 0.15) is 0 Å². The number of hydrogen-bond acceptors (Lipinski definition) is 0. The van der Waals surface area contributed by atoms with Crippen LogP contribution in [0.3, 0.4) is 0 Å². The number of hydrogen-bond donors (Lipinski definition) is 0. The van der Waals surface area contributed by atoms with E-state index in [1.807, 2.05) is 0 Å². The quantitative estimate of drug-likeness (QED) is 0.206. The van der Waals surface area contributed by atoms with Crippen LogP contribution in [-0.4, -0.2) is 0 Å². The second-order valence-corrected chi connectivity index (χ2v) is 20.8. The summed E-state index contributed by atoms with van der Waals surface area (Å²) < 4.78 is 4.23. The van der Waals surface area contributed by atoms with Gasteiger partial charge in [0.15, 0.2) is 0 Å². The molecule has 1 aliphatic heterocycles. The third kappa shape index (κ3) is 3.42. The van der Waals surface area contributed by atoms with Crippen LogP contribution in [0.2, 0.25) is 9.45 Å². The van der Waals surface area contributed by atoms with Crippen LogP contribution in [0.4, 0.5) is 0 Å². The molecule has 0 saturated heterocycles. The van der Waals surface area contributed by atoms with E-state index in [0.717, 1.165) is 0 Å². The molecule has 0 fully saturated rings. The van der Waals surface area contributed by atoms with Crippen LogP contribution in [0, 0.1) is 5.41 Å². The average molecular weight is 561 g/mol. The standard InChI is InChI=1S/C31H26.2C4H9.Ti/c1-19-17-23-15-13-21-9-5-7-11-25(21)27(23)29(19)31(3,4)30-20(2)18-24-16-14-22-10-6-8-12-26(22)28(24)30;2*1-3-4-2;/h5-18H,1-4H3;2*1,3-4H2,2H3;. The predicted molar refractivity (Wildman–Crippen MR) is 172 cm³/mol. The molecule has 1 heteroatoms. The average Bonchev–Trinajstić information content (AvgIpc) is 3.46. The van der Waals surface area contributed by atoms with E-state index in [1.165, 1.54) is 56.7 Å². The van der Waals surface area contributed by atoms with Crippen LogP contribution in [0.5, 0.6) is 0 Å². The van der Waals surface area contributed by atoms with Gasteiger partial charge >= 0.3 is 246 Å². The molecule has 3 aliphatic rings. The van der Waals surface area contributed by atoms with Crippen LogP contribution in [0.15, 0.2) is 83.9 Å². The Morgan fingerprint density at radius 1 is 0.600 bits per heavy atom. The zero-order chi connectivity index (χ0) is 27.8. The van der Waals surface area contributed by atoms with Gasteiger partial charge in [0, 0.05) is 0 Å². The van der Waals surface area contributed by atoms with Gasteiger partial charge in [0.25, 0.3) is 0 Å². The van der Waals surface area contributed by atoms with E-state index in [9.17, 15) is 0 Å². The molecule has 2 unspecified atom stereocenters. The first-order valence-electron chi connectivity index (χ1n) is 15.8. The Balaban J connectivity index is 1.65. The van der Waals surface area contributed by atoms with Gasteiger partial charge in [-0.25, -0.2) is 0 Å². The summed E-state index contributed by atoms with van der Waals surface area (Å²) >= 11 is -2.71. The molecule has 0 saturated carbocycles. The van der Waals surface area contributed by atoms with E-state index in [1.54, 1.807) is 44.5 Å². The zero-order valence-corrected chi connectivity index (χ0v) is 26.9. The predicted octanol–water partition coefficient (Wildman–Crippen LogP) is 12.0. The molecule has 40 heavy (non-hydrogen) atoms. The Hall–Kier alpha value is -2.41. The Morgan fingerprint density at radius 2 is 1.02 bits per heavy atom. The van der Waals surface area contributed by atoms with Gasteiger partial charge in [-0.15, -0.1) is 0 Å². The van der Waals surface area contributed by atoms with Gasteiger partial charge in [-0.3, -0.25) is 0 Å². The maximum atomic E-state index is 2.58. The Bertz CT molecular complexity index is 1600. The summed E-state index contributed by atoms with van der Waals surface area (Å²) in [5.74, 6) is 0. The number of fused-ring (bicyclic) bond motifs is 12. The van der Waals surface area contributed by atoms with Crippen LogP contribution in [0.1, 0.15) is 97.9 Å². The topological polar surface area (TPSA) is 0 Å². The summed E-state index contributed by atoms with van der Waals surface area (Å²) in [7, 11) is 0. The van der Waals surface area contributed by atoms with Crippen molar-refractivity contribution in [3.05, 3.63) is 106 Å². The van der Waals surface area contributed by atoms with Crippen molar-refractivity contribution in [3.8, 4) is 0 Å². The molecule has 204 valence electrons. The minimum absolute atomic E-state index is 0.0562. The van der Waals surface area contributed by atoms with Crippen molar-refractivity contribution >= 4 is 32.7 Å².